The number of rotatable bonds is 26. The average molecular weight is 551 g/mol. The van der Waals surface area contributed by atoms with Crippen molar-refractivity contribution in [3.05, 3.63) is 25.3 Å². The van der Waals surface area contributed by atoms with Gasteiger partial charge in [-0.3, -0.25) is 9.59 Å². The van der Waals surface area contributed by atoms with Crippen LogP contribution in [0.3, 0.4) is 0 Å². The first-order valence-electron chi connectivity index (χ1n) is 17.0. The van der Waals surface area contributed by atoms with Crippen LogP contribution < -0.4 is 0 Å². The molecule has 39 heavy (non-hydrogen) atoms. The Kier molecular flexibility index (Phi) is 44.4. The van der Waals surface area contributed by atoms with Crippen molar-refractivity contribution in [2.24, 2.45) is 0 Å². The van der Waals surface area contributed by atoms with Crippen LogP contribution in [0, 0.1) is 0 Å². The lowest BCUT2D eigenvalue weighted by Crippen LogP contribution is -2.11. The summed E-state index contributed by atoms with van der Waals surface area (Å²) in [6, 6.07) is 0. The number of unbranched alkanes of at least 4 members (excludes halogenated alkanes) is 20. The van der Waals surface area contributed by atoms with Crippen molar-refractivity contribution in [2.45, 2.75) is 195 Å². The lowest BCUT2D eigenvalue weighted by atomic mass is 10.1. The Morgan fingerprint density at radius 1 is 0.436 bits per heavy atom. The highest BCUT2D eigenvalue weighted by atomic mass is 16.6. The Labute approximate surface area is 246 Å². The molecule has 0 aromatic rings. The number of ether oxygens (including phenoxy) is 1. The molecule has 0 fully saturated rings. The highest BCUT2D eigenvalue weighted by molar-refractivity contribution is 5.85. The maximum absolute atomic E-state index is 11.5. The van der Waals surface area contributed by atoms with Gasteiger partial charge in [0.25, 0.3) is 0 Å². The van der Waals surface area contributed by atoms with Crippen LogP contribution in [0.5, 0.6) is 0 Å². The second kappa shape index (κ2) is 41.1. The molecule has 0 atom stereocenters. The molecule has 3 heteroatoms. The van der Waals surface area contributed by atoms with Crippen molar-refractivity contribution in [2.75, 3.05) is 0 Å². The van der Waals surface area contributed by atoms with Gasteiger partial charge in [0.15, 0.2) is 0 Å². The third-order valence-corrected chi connectivity index (χ3v) is 6.72. The topological polar surface area (TPSA) is 43.4 Å². The third-order valence-electron chi connectivity index (χ3n) is 6.72. The molecule has 0 rings (SSSR count). The molecule has 0 unspecified atom stereocenters. The third kappa shape index (κ3) is 46.8. The van der Waals surface area contributed by atoms with Gasteiger partial charge in [-0.05, 0) is 38.5 Å². The highest BCUT2D eigenvalue weighted by Gasteiger charge is 2.09. The van der Waals surface area contributed by atoms with E-state index in [-0.39, 0.29) is 11.9 Å². The van der Waals surface area contributed by atoms with Crippen molar-refractivity contribution >= 4 is 11.9 Å². The molecule has 0 aromatic heterocycles. The fourth-order valence-electron chi connectivity index (χ4n) is 4.11. The Hall–Kier alpha value is -1.38. The van der Waals surface area contributed by atoms with Crippen LogP contribution in [0.25, 0.3) is 0 Å². The molecular weight excluding hydrogens is 480 g/mol. The minimum absolute atomic E-state index is 0.359. The van der Waals surface area contributed by atoms with E-state index < -0.39 is 0 Å². The summed E-state index contributed by atoms with van der Waals surface area (Å²) in [6.45, 7) is 16.3. The zero-order chi connectivity index (χ0) is 29.7. The van der Waals surface area contributed by atoms with Gasteiger partial charge in [-0.15, -0.1) is 13.2 Å². The monoisotopic (exact) mass is 551 g/mol. The van der Waals surface area contributed by atoms with Gasteiger partial charge in [-0.25, -0.2) is 0 Å². The van der Waals surface area contributed by atoms with E-state index >= 15 is 0 Å². The molecule has 0 radical (unpaired) electrons. The van der Waals surface area contributed by atoms with E-state index in [0.717, 1.165) is 44.9 Å². The number of carbonyl (C=O) groups is 2. The smallest absolute Gasteiger partial charge is 0.313 e. The van der Waals surface area contributed by atoms with Crippen LogP contribution in [0.4, 0.5) is 0 Å². The van der Waals surface area contributed by atoms with E-state index in [1.165, 1.54) is 109 Å². The molecule has 0 aliphatic heterocycles. The van der Waals surface area contributed by atoms with Gasteiger partial charge in [0.1, 0.15) is 0 Å². The minimum Gasteiger partial charge on any atom is -0.393 e. The molecule has 0 aliphatic rings. The second-order valence-electron chi connectivity index (χ2n) is 10.9. The van der Waals surface area contributed by atoms with Crippen molar-refractivity contribution in [1.82, 2.24) is 0 Å². The molecule has 0 bridgehead atoms. The summed E-state index contributed by atoms with van der Waals surface area (Å²) in [5, 5.41) is 0. The molecule has 0 saturated carbocycles. The fourth-order valence-corrected chi connectivity index (χ4v) is 4.11. The van der Waals surface area contributed by atoms with Crippen molar-refractivity contribution in [1.29, 1.82) is 0 Å². The zero-order valence-electron chi connectivity index (χ0n) is 27.2. The van der Waals surface area contributed by atoms with Gasteiger partial charge in [0.2, 0.25) is 0 Å². The van der Waals surface area contributed by atoms with Crippen LogP contribution in [-0.4, -0.2) is 11.9 Å². The SMILES string of the molecule is C=CCCCCCCCC.C=CCCCCCCCC(=O)OC(=O)CCCCCCC.CCCCCCCC. The largest absolute Gasteiger partial charge is 0.393 e. The zero-order valence-corrected chi connectivity index (χ0v) is 27.2. The predicted octanol–water partition coefficient (Wildman–Crippen LogP) is 12.6. The van der Waals surface area contributed by atoms with Gasteiger partial charge in [0, 0.05) is 12.8 Å². The van der Waals surface area contributed by atoms with Crippen molar-refractivity contribution in [3.63, 3.8) is 0 Å². The number of carbonyl (C=O) groups excluding carboxylic acids is 2. The average Bonchev–Trinajstić information content (AvgIpc) is 2.93. The summed E-state index contributed by atoms with van der Waals surface area (Å²) in [5.74, 6) is -0.720. The number of hydrogen-bond acceptors (Lipinski definition) is 3. The van der Waals surface area contributed by atoms with Gasteiger partial charge in [0.05, 0.1) is 0 Å². The lowest BCUT2D eigenvalue weighted by Gasteiger charge is -2.03. The quantitative estimate of drug-likeness (QED) is 0.0465. The van der Waals surface area contributed by atoms with Crippen molar-refractivity contribution in [3.8, 4) is 0 Å². The normalized spacial score (nSPS) is 10.1. The Morgan fingerprint density at radius 2 is 0.692 bits per heavy atom. The van der Waals surface area contributed by atoms with Crippen LogP contribution >= 0.6 is 0 Å². The van der Waals surface area contributed by atoms with E-state index in [2.05, 4.69) is 40.9 Å². The summed E-state index contributed by atoms with van der Waals surface area (Å²) in [5.41, 5.74) is 0. The summed E-state index contributed by atoms with van der Waals surface area (Å²) < 4.78 is 4.81. The molecule has 0 N–H and O–H groups in total. The van der Waals surface area contributed by atoms with E-state index in [9.17, 15) is 9.59 Å². The van der Waals surface area contributed by atoms with Crippen LogP contribution in [-0.2, 0) is 14.3 Å². The highest BCUT2D eigenvalue weighted by Crippen LogP contribution is 2.10. The standard InChI is InChI=1S/C18H32O3.C10H20.C8H18/c1-3-5-7-9-10-12-14-16-18(20)21-17(19)15-13-11-8-6-4-2;1-3-5-7-9-10-8-6-4-2;1-3-5-7-8-6-4-2/h3H,1,4-16H2,2H3;3H,1,4-10H2,2H3;3-8H2,1-2H3. The molecule has 0 saturated heterocycles. The molecule has 0 aromatic carbocycles. The Balaban J connectivity index is -0.000000593. The molecule has 0 amide bonds. The number of hydrogen-bond donors (Lipinski definition) is 0. The van der Waals surface area contributed by atoms with Crippen molar-refractivity contribution < 1.29 is 14.3 Å². The molecule has 232 valence electrons. The molecule has 0 heterocycles. The minimum atomic E-state index is -0.361. The molecule has 0 spiro atoms. The first-order valence-corrected chi connectivity index (χ1v) is 17.0. The van der Waals surface area contributed by atoms with Gasteiger partial charge in [-0.2, -0.15) is 0 Å². The second-order valence-corrected chi connectivity index (χ2v) is 10.9. The van der Waals surface area contributed by atoms with Crippen LogP contribution in [0.1, 0.15) is 195 Å². The summed E-state index contributed by atoms with van der Waals surface area (Å²) >= 11 is 0. The molecular formula is C36H70O3. The number of esters is 2. The molecule has 3 nitrogen and oxygen atoms in total. The lowest BCUT2D eigenvalue weighted by molar-refractivity contribution is -0.159. The van der Waals surface area contributed by atoms with Crippen LogP contribution in [0.15, 0.2) is 25.3 Å². The fraction of sp³-hybridized carbons (Fsp3) is 0.833. The Morgan fingerprint density at radius 3 is 0.974 bits per heavy atom. The van der Waals surface area contributed by atoms with Crippen LogP contribution in [0.2, 0.25) is 0 Å². The summed E-state index contributed by atoms with van der Waals surface area (Å²) in [6.07, 6.45) is 34.5. The first kappa shape index (κ1) is 42.1. The van der Waals surface area contributed by atoms with E-state index in [0.29, 0.717) is 12.8 Å². The maximum atomic E-state index is 11.5. The first-order chi connectivity index (χ1) is 19.0. The summed E-state index contributed by atoms with van der Waals surface area (Å²) in [7, 11) is 0. The van der Waals surface area contributed by atoms with E-state index in [1.807, 2.05) is 12.2 Å². The summed E-state index contributed by atoms with van der Waals surface area (Å²) in [4.78, 5) is 22.9. The Bertz CT molecular complexity index is 492. The van der Waals surface area contributed by atoms with Gasteiger partial charge < -0.3 is 4.74 Å². The maximum Gasteiger partial charge on any atom is 0.313 e. The van der Waals surface area contributed by atoms with Gasteiger partial charge >= 0.3 is 11.9 Å². The molecule has 0 aliphatic carbocycles. The van der Waals surface area contributed by atoms with E-state index in [4.69, 9.17) is 4.74 Å². The number of allylic oxidation sites excluding steroid dienone is 2. The van der Waals surface area contributed by atoms with E-state index in [1.54, 1.807) is 0 Å². The predicted molar refractivity (Wildman–Crippen MR) is 174 cm³/mol. The van der Waals surface area contributed by atoms with Gasteiger partial charge in [-0.1, -0.05) is 155 Å².